The Morgan fingerprint density at radius 1 is 1.21 bits per heavy atom. The molecule has 1 aromatic carbocycles. The Bertz CT molecular complexity index is 818. The van der Waals surface area contributed by atoms with Crippen molar-refractivity contribution in [2.24, 2.45) is 0 Å². The van der Waals surface area contributed by atoms with Crippen molar-refractivity contribution in [1.29, 1.82) is 0 Å². The lowest BCUT2D eigenvalue weighted by Crippen LogP contribution is -2.33. The summed E-state index contributed by atoms with van der Waals surface area (Å²) in [6, 6.07) is 4.83. The Kier molecular flexibility index (Phi) is 15.7. The van der Waals surface area contributed by atoms with Gasteiger partial charge in [-0.3, -0.25) is 4.79 Å². The first-order valence-electron chi connectivity index (χ1n) is 11.6. The number of methoxy groups -OCH3 is 1. The molecule has 0 heterocycles. The van der Waals surface area contributed by atoms with Gasteiger partial charge < -0.3 is 20.3 Å². The van der Waals surface area contributed by atoms with Gasteiger partial charge in [-0.1, -0.05) is 33.4 Å². The number of carbonyl (C=O) groups excluding carboxylic acids is 1. The molecule has 0 aromatic heterocycles. The minimum atomic E-state index is -4.51. The summed E-state index contributed by atoms with van der Waals surface area (Å²) in [5, 5.41) is 5.58. The summed E-state index contributed by atoms with van der Waals surface area (Å²) in [4.78, 5) is 14.6. The Morgan fingerprint density at radius 3 is 2.38 bits per heavy atom. The van der Waals surface area contributed by atoms with Gasteiger partial charge in [0.1, 0.15) is 5.75 Å². The van der Waals surface area contributed by atoms with Crippen LogP contribution in [0.25, 0.3) is 0 Å². The third-order valence-electron chi connectivity index (χ3n) is 4.82. The molecule has 1 rings (SSSR count). The van der Waals surface area contributed by atoms with E-state index in [2.05, 4.69) is 17.2 Å². The fourth-order valence-electron chi connectivity index (χ4n) is 3.16. The van der Waals surface area contributed by atoms with Gasteiger partial charge in [-0.2, -0.15) is 13.2 Å². The summed E-state index contributed by atoms with van der Waals surface area (Å²) >= 11 is 0. The number of hydrogen-bond acceptors (Lipinski definition) is 4. The number of hydrogen-bond donors (Lipinski definition) is 2. The lowest BCUT2D eigenvalue weighted by Gasteiger charge is -2.23. The van der Waals surface area contributed by atoms with E-state index in [-0.39, 0.29) is 18.7 Å². The topological polar surface area (TPSA) is 53.6 Å². The Morgan fingerprint density at radius 2 is 1.88 bits per heavy atom. The second kappa shape index (κ2) is 16.9. The Hall–Kier alpha value is -2.58. The van der Waals surface area contributed by atoms with Crippen molar-refractivity contribution >= 4 is 5.91 Å². The lowest BCUT2D eigenvalue weighted by atomic mass is 10.1. The molecule has 0 aliphatic rings. The predicted molar refractivity (Wildman–Crippen MR) is 134 cm³/mol. The van der Waals surface area contributed by atoms with Crippen LogP contribution in [0.2, 0.25) is 0 Å². The van der Waals surface area contributed by atoms with Crippen LogP contribution >= 0.6 is 0 Å². The molecular weight excluding hydrogens is 443 g/mol. The van der Waals surface area contributed by atoms with Gasteiger partial charge in [-0.05, 0) is 69.3 Å². The first kappa shape index (κ1) is 31.4. The molecule has 1 amide bonds. The average molecular weight is 484 g/mol. The molecule has 0 fully saturated rings. The van der Waals surface area contributed by atoms with E-state index in [9.17, 15) is 18.0 Å². The quantitative estimate of drug-likeness (QED) is 0.357. The smallest absolute Gasteiger partial charge is 0.412 e. The number of nitrogens with zero attached hydrogens (tertiary/aromatic N) is 1. The van der Waals surface area contributed by atoms with E-state index in [0.29, 0.717) is 24.4 Å². The van der Waals surface area contributed by atoms with Gasteiger partial charge in [0.05, 0.1) is 7.11 Å². The number of rotatable bonds is 13. The van der Waals surface area contributed by atoms with Crippen LogP contribution in [0.1, 0.15) is 49.5 Å². The zero-order chi connectivity index (χ0) is 26.1. The summed E-state index contributed by atoms with van der Waals surface area (Å²) in [5.74, 6) is 0.112. The number of likely N-dealkylation sites (N-methyl/N-ethyl adjacent to an activating group) is 1. The van der Waals surface area contributed by atoms with Crippen LogP contribution in [0.4, 0.5) is 13.2 Å². The highest BCUT2D eigenvalue weighted by molar-refractivity contribution is 5.96. The Balaban J connectivity index is 0.00000529. The summed E-state index contributed by atoms with van der Waals surface area (Å²) in [5.41, 5.74) is 0.394. The first-order valence-corrected chi connectivity index (χ1v) is 11.6. The maximum Gasteiger partial charge on any atom is 0.412 e. The maximum absolute atomic E-state index is 13.7. The summed E-state index contributed by atoms with van der Waals surface area (Å²) in [6.45, 7) is 13.7. The predicted octanol–water partition coefficient (Wildman–Crippen LogP) is 5.64. The first-order chi connectivity index (χ1) is 16.2. The summed E-state index contributed by atoms with van der Waals surface area (Å²) in [7, 11) is 3.33. The number of aryl methyl sites for hydroxylation is 1. The van der Waals surface area contributed by atoms with E-state index < -0.39 is 17.7 Å². The third kappa shape index (κ3) is 11.5. The van der Waals surface area contributed by atoms with Gasteiger partial charge in [0.25, 0.3) is 5.91 Å². The van der Waals surface area contributed by atoms with Crippen molar-refractivity contribution in [3.8, 4) is 5.75 Å². The molecular formula is C26H40F3N3O2. The Labute approximate surface area is 202 Å². The minimum Gasteiger partial charge on any atom is -0.496 e. The largest absolute Gasteiger partial charge is 0.496 e. The lowest BCUT2D eigenvalue weighted by molar-refractivity contribution is -0.0946. The molecule has 0 saturated heterocycles. The number of amides is 1. The maximum atomic E-state index is 13.7. The second-order valence-electron chi connectivity index (χ2n) is 7.36. The number of ether oxygens (including phenoxy) is 1. The van der Waals surface area contributed by atoms with E-state index in [1.165, 1.54) is 19.3 Å². The van der Waals surface area contributed by atoms with Gasteiger partial charge in [0.2, 0.25) is 0 Å². The fraction of sp³-hybridized carbons (Fsp3) is 0.500. The number of alkyl halides is 3. The van der Waals surface area contributed by atoms with Gasteiger partial charge in [0, 0.05) is 36.5 Å². The van der Waals surface area contributed by atoms with Crippen LogP contribution in [0.15, 0.2) is 54.3 Å². The van der Waals surface area contributed by atoms with E-state index >= 15 is 0 Å². The van der Waals surface area contributed by atoms with Crippen LogP contribution in [0.3, 0.4) is 0 Å². The average Bonchev–Trinajstić information content (AvgIpc) is 2.80. The molecule has 192 valence electrons. The van der Waals surface area contributed by atoms with Gasteiger partial charge in [0.15, 0.2) is 0 Å². The van der Waals surface area contributed by atoms with Crippen LogP contribution in [-0.2, 0) is 0 Å². The van der Waals surface area contributed by atoms with Crippen molar-refractivity contribution in [3.63, 3.8) is 0 Å². The minimum absolute atomic E-state index is 0.0306. The van der Waals surface area contributed by atoms with Crippen LogP contribution < -0.4 is 15.4 Å². The SMILES string of the molecule is C=C/C=C(\C=C(/CCN(CCC)CCNC)C(F)(F)F)NC(=O)c1ccc(OC)c(C)c1.CC. The number of allylic oxidation sites excluding steroid dienone is 3. The monoisotopic (exact) mass is 483 g/mol. The van der Waals surface area contributed by atoms with Crippen LogP contribution in [0.5, 0.6) is 5.75 Å². The fourth-order valence-corrected chi connectivity index (χ4v) is 3.16. The molecule has 2 N–H and O–H groups in total. The van der Waals surface area contributed by atoms with Gasteiger partial charge in [-0.25, -0.2) is 0 Å². The van der Waals surface area contributed by atoms with Crippen molar-refractivity contribution in [1.82, 2.24) is 15.5 Å². The molecule has 0 aliphatic carbocycles. The molecule has 1 aromatic rings. The highest BCUT2D eigenvalue weighted by atomic mass is 19.4. The van der Waals surface area contributed by atoms with E-state index in [0.717, 1.165) is 24.6 Å². The van der Waals surface area contributed by atoms with Crippen molar-refractivity contribution in [2.45, 2.75) is 46.7 Å². The molecule has 0 atom stereocenters. The normalized spacial score (nSPS) is 12.2. The number of benzene rings is 1. The molecule has 0 radical (unpaired) electrons. The van der Waals surface area contributed by atoms with Crippen LogP contribution in [0, 0.1) is 6.92 Å². The number of halogens is 3. The summed E-state index contributed by atoms with van der Waals surface area (Å²) in [6.07, 6.45) is -0.159. The van der Waals surface area contributed by atoms with Gasteiger partial charge in [-0.15, -0.1) is 0 Å². The molecule has 5 nitrogen and oxygen atoms in total. The van der Waals surface area contributed by atoms with Crippen molar-refractivity contribution in [2.75, 3.05) is 40.3 Å². The zero-order valence-electron chi connectivity index (χ0n) is 21.3. The number of carbonyl (C=O) groups is 1. The highest BCUT2D eigenvalue weighted by Gasteiger charge is 2.33. The van der Waals surface area contributed by atoms with E-state index in [1.54, 1.807) is 25.1 Å². The molecule has 0 saturated carbocycles. The molecule has 0 spiro atoms. The molecule has 0 aliphatic heterocycles. The standard InChI is InChI=1S/C24H34F3N3O2.C2H6/c1-6-8-21(29-23(31)19-9-10-22(32-5)18(3)16-19)17-20(24(25,26)27)11-14-30(13-7-2)15-12-28-4;1-2/h6,8-10,16-17,28H,1,7,11-15H2,2-5H3,(H,29,31);1-2H3/b20-17+,21-8+;. The highest BCUT2D eigenvalue weighted by Crippen LogP contribution is 2.29. The molecule has 34 heavy (non-hydrogen) atoms. The second-order valence-corrected chi connectivity index (χ2v) is 7.36. The zero-order valence-corrected chi connectivity index (χ0v) is 21.3. The van der Waals surface area contributed by atoms with Crippen LogP contribution in [-0.4, -0.2) is 57.3 Å². The number of nitrogens with one attached hydrogen (secondary N) is 2. The van der Waals surface area contributed by atoms with Gasteiger partial charge >= 0.3 is 6.18 Å². The van der Waals surface area contributed by atoms with Crippen molar-refractivity contribution < 1.29 is 22.7 Å². The third-order valence-corrected chi connectivity index (χ3v) is 4.82. The molecule has 0 bridgehead atoms. The summed E-state index contributed by atoms with van der Waals surface area (Å²) < 4.78 is 46.4. The van der Waals surface area contributed by atoms with E-state index in [1.807, 2.05) is 32.7 Å². The van der Waals surface area contributed by atoms with Crippen molar-refractivity contribution in [3.05, 3.63) is 65.4 Å². The molecule has 8 heteroatoms. The van der Waals surface area contributed by atoms with E-state index in [4.69, 9.17) is 4.74 Å². The molecule has 0 unspecified atom stereocenters.